The topological polar surface area (TPSA) is 3.24 Å². The van der Waals surface area contributed by atoms with Crippen LogP contribution in [0.15, 0.2) is 30.3 Å². The van der Waals surface area contributed by atoms with E-state index < -0.39 is 0 Å². The van der Waals surface area contributed by atoms with Gasteiger partial charge in [-0.25, -0.2) is 0 Å². The van der Waals surface area contributed by atoms with E-state index in [4.69, 9.17) is 0 Å². The van der Waals surface area contributed by atoms with Crippen molar-refractivity contribution in [1.29, 1.82) is 0 Å². The van der Waals surface area contributed by atoms with E-state index in [0.29, 0.717) is 0 Å². The minimum Gasteiger partial charge on any atom is -0.368 e. The average Bonchev–Trinajstić information content (AvgIpc) is 2.84. The van der Waals surface area contributed by atoms with Gasteiger partial charge in [0.05, 0.1) is 0 Å². The molecule has 5 atom stereocenters. The van der Waals surface area contributed by atoms with Crippen molar-refractivity contribution in [3.63, 3.8) is 0 Å². The normalized spacial score (nSPS) is 33.2. The van der Waals surface area contributed by atoms with Gasteiger partial charge in [-0.2, -0.15) is 0 Å². The molecule has 1 saturated heterocycles. The molecule has 2 bridgehead atoms. The van der Waals surface area contributed by atoms with Crippen molar-refractivity contribution in [3.8, 4) is 0 Å². The van der Waals surface area contributed by atoms with Gasteiger partial charge in [-0.15, -0.1) is 0 Å². The first-order valence-electron chi connectivity index (χ1n) is 9.06. The number of benzene rings is 1. The highest BCUT2D eigenvalue weighted by atomic mass is 15.2. The summed E-state index contributed by atoms with van der Waals surface area (Å²) in [6, 6.07) is 11.9. The molecule has 21 heavy (non-hydrogen) atoms. The maximum absolute atomic E-state index is 2.77. The minimum atomic E-state index is 0.760. The van der Waals surface area contributed by atoms with Crippen LogP contribution < -0.4 is 4.90 Å². The van der Waals surface area contributed by atoms with Crippen molar-refractivity contribution in [3.05, 3.63) is 30.3 Å². The lowest BCUT2D eigenvalue weighted by molar-refractivity contribution is 0.220. The predicted molar refractivity (Wildman–Crippen MR) is 91.6 cm³/mol. The molecule has 0 spiro atoms. The standard InChI is InChI=1S/C20H31N/c1-4-9-15(3)20-19-13-16(12-17(19)5-2)14-21(20)18-10-7-6-8-11-18/h6-8,10-11,15-17,19-20H,4-5,9,12-14H2,1-3H3. The van der Waals surface area contributed by atoms with Gasteiger partial charge in [0.15, 0.2) is 0 Å². The summed E-state index contributed by atoms with van der Waals surface area (Å²) in [6.07, 6.45) is 7.01. The van der Waals surface area contributed by atoms with Crippen molar-refractivity contribution >= 4 is 5.69 Å². The van der Waals surface area contributed by atoms with Crippen molar-refractivity contribution in [2.75, 3.05) is 11.4 Å². The van der Waals surface area contributed by atoms with Gasteiger partial charge in [0.1, 0.15) is 0 Å². The van der Waals surface area contributed by atoms with Crippen LogP contribution in [0.2, 0.25) is 0 Å². The Hall–Kier alpha value is -0.980. The third-order valence-electron chi connectivity index (χ3n) is 6.04. The molecule has 1 aliphatic heterocycles. The van der Waals surface area contributed by atoms with Gasteiger partial charge in [0.25, 0.3) is 0 Å². The van der Waals surface area contributed by atoms with Crippen LogP contribution in [-0.4, -0.2) is 12.6 Å². The van der Waals surface area contributed by atoms with Crippen LogP contribution in [0.4, 0.5) is 5.69 Å². The number of para-hydroxylation sites is 1. The number of piperidine rings is 1. The molecular formula is C20H31N. The summed E-state index contributed by atoms with van der Waals surface area (Å²) >= 11 is 0. The molecule has 1 saturated carbocycles. The van der Waals surface area contributed by atoms with Crippen molar-refractivity contribution < 1.29 is 0 Å². The summed E-state index contributed by atoms with van der Waals surface area (Å²) in [5.41, 5.74) is 1.46. The number of hydrogen-bond donors (Lipinski definition) is 0. The highest BCUT2D eigenvalue weighted by Gasteiger charge is 2.46. The zero-order chi connectivity index (χ0) is 14.8. The molecule has 2 aliphatic rings. The van der Waals surface area contributed by atoms with E-state index in [1.165, 1.54) is 44.3 Å². The zero-order valence-electron chi connectivity index (χ0n) is 14.0. The van der Waals surface area contributed by atoms with Gasteiger partial charge in [-0.05, 0) is 55.1 Å². The fraction of sp³-hybridized carbons (Fsp3) is 0.700. The van der Waals surface area contributed by atoms with Crippen molar-refractivity contribution in [1.82, 2.24) is 0 Å². The number of anilines is 1. The zero-order valence-corrected chi connectivity index (χ0v) is 14.0. The second-order valence-corrected chi connectivity index (χ2v) is 7.41. The summed E-state index contributed by atoms with van der Waals surface area (Å²) in [5.74, 6) is 3.64. The van der Waals surface area contributed by atoms with Crippen LogP contribution in [0.1, 0.15) is 52.9 Å². The monoisotopic (exact) mass is 285 g/mol. The van der Waals surface area contributed by atoms with Crippen LogP contribution in [0, 0.1) is 23.7 Å². The quantitative estimate of drug-likeness (QED) is 0.703. The van der Waals surface area contributed by atoms with Crippen LogP contribution in [-0.2, 0) is 0 Å². The first-order chi connectivity index (χ1) is 10.2. The van der Waals surface area contributed by atoms with Gasteiger partial charge < -0.3 is 4.90 Å². The minimum absolute atomic E-state index is 0.760. The Morgan fingerprint density at radius 1 is 1.14 bits per heavy atom. The van der Waals surface area contributed by atoms with E-state index in [0.717, 1.165) is 29.7 Å². The maximum atomic E-state index is 2.77. The lowest BCUT2D eigenvalue weighted by atomic mass is 9.77. The highest BCUT2D eigenvalue weighted by molar-refractivity contribution is 5.48. The SMILES string of the molecule is CCCC(C)C1C2CC(CC2CC)CN1c1ccccc1. The fourth-order valence-electron chi connectivity index (χ4n) is 5.20. The summed E-state index contributed by atoms with van der Waals surface area (Å²) < 4.78 is 0. The Bertz CT molecular complexity index is 440. The number of nitrogens with zero attached hydrogens (tertiary/aromatic N) is 1. The van der Waals surface area contributed by atoms with Crippen LogP contribution in [0.3, 0.4) is 0 Å². The number of rotatable bonds is 5. The average molecular weight is 285 g/mol. The Labute approximate surface area is 130 Å². The predicted octanol–water partition coefficient (Wildman–Crippen LogP) is 5.36. The summed E-state index contributed by atoms with van der Waals surface area (Å²) in [4.78, 5) is 2.77. The molecule has 5 unspecified atom stereocenters. The summed E-state index contributed by atoms with van der Waals surface area (Å²) in [6.45, 7) is 8.52. The van der Waals surface area contributed by atoms with E-state index in [-0.39, 0.29) is 0 Å². The Morgan fingerprint density at radius 2 is 1.90 bits per heavy atom. The second kappa shape index (κ2) is 6.42. The Morgan fingerprint density at radius 3 is 2.57 bits per heavy atom. The fourth-order valence-corrected chi connectivity index (χ4v) is 5.20. The van der Waals surface area contributed by atoms with Gasteiger partial charge in [0, 0.05) is 18.3 Å². The Balaban J connectivity index is 1.90. The molecule has 1 heteroatoms. The van der Waals surface area contributed by atoms with Crippen molar-refractivity contribution in [2.24, 2.45) is 23.7 Å². The third kappa shape index (κ3) is 2.84. The van der Waals surface area contributed by atoms with Crippen LogP contribution >= 0.6 is 0 Å². The molecule has 0 N–H and O–H groups in total. The molecule has 0 aromatic heterocycles. The largest absolute Gasteiger partial charge is 0.368 e. The third-order valence-corrected chi connectivity index (χ3v) is 6.04. The van der Waals surface area contributed by atoms with Gasteiger partial charge in [-0.3, -0.25) is 0 Å². The van der Waals surface area contributed by atoms with Crippen molar-refractivity contribution in [2.45, 2.75) is 58.9 Å². The number of fused-ring (bicyclic) bond motifs is 2. The highest BCUT2D eigenvalue weighted by Crippen LogP contribution is 2.49. The lowest BCUT2D eigenvalue weighted by Gasteiger charge is -2.46. The first-order valence-corrected chi connectivity index (χ1v) is 9.06. The molecule has 2 fully saturated rings. The van der Waals surface area contributed by atoms with Gasteiger partial charge >= 0.3 is 0 Å². The van der Waals surface area contributed by atoms with Gasteiger partial charge in [0.2, 0.25) is 0 Å². The smallest absolute Gasteiger partial charge is 0.0368 e. The second-order valence-electron chi connectivity index (χ2n) is 7.41. The van der Waals surface area contributed by atoms with E-state index >= 15 is 0 Å². The molecule has 1 aromatic carbocycles. The van der Waals surface area contributed by atoms with E-state index in [9.17, 15) is 0 Å². The van der Waals surface area contributed by atoms with Crippen LogP contribution in [0.5, 0.6) is 0 Å². The first kappa shape index (κ1) is 14.9. The molecule has 116 valence electrons. The molecule has 1 heterocycles. The summed E-state index contributed by atoms with van der Waals surface area (Å²) in [5, 5.41) is 0. The molecule has 1 aliphatic carbocycles. The summed E-state index contributed by atoms with van der Waals surface area (Å²) in [7, 11) is 0. The van der Waals surface area contributed by atoms with E-state index in [1.54, 1.807) is 0 Å². The van der Waals surface area contributed by atoms with E-state index in [1.807, 2.05) is 0 Å². The molecule has 0 radical (unpaired) electrons. The lowest BCUT2D eigenvalue weighted by Crippen LogP contribution is -2.50. The molecule has 0 amide bonds. The molecule has 3 rings (SSSR count). The molecule has 1 aromatic rings. The van der Waals surface area contributed by atoms with Crippen LogP contribution in [0.25, 0.3) is 0 Å². The maximum Gasteiger partial charge on any atom is 0.0368 e. The number of hydrogen-bond acceptors (Lipinski definition) is 1. The molecular weight excluding hydrogens is 254 g/mol. The van der Waals surface area contributed by atoms with E-state index in [2.05, 4.69) is 56.0 Å². The Kier molecular flexibility index (Phi) is 4.57. The molecule has 1 nitrogen and oxygen atoms in total. The van der Waals surface area contributed by atoms with Gasteiger partial charge in [-0.1, -0.05) is 51.8 Å².